The van der Waals surface area contributed by atoms with Crippen LogP contribution >= 0.6 is 0 Å². The van der Waals surface area contributed by atoms with Crippen LogP contribution in [0.3, 0.4) is 0 Å². The fraction of sp³-hybridized carbons (Fsp3) is 0.636. The van der Waals surface area contributed by atoms with Gasteiger partial charge in [-0.05, 0) is 49.9 Å². The first kappa shape index (κ1) is 20.6. The highest BCUT2D eigenvalue weighted by molar-refractivity contribution is 6.00. The van der Waals surface area contributed by atoms with Crippen molar-refractivity contribution in [3.63, 3.8) is 0 Å². The molecule has 1 atom stereocenters. The van der Waals surface area contributed by atoms with Gasteiger partial charge in [0.15, 0.2) is 0 Å². The van der Waals surface area contributed by atoms with Crippen LogP contribution in [0, 0.1) is 5.92 Å². The van der Waals surface area contributed by atoms with Gasteiger partial charge < -0.3 is 19.9 Å². The van der Waals surface area contributed by atoms with Gasteiger partial charge in [-0.3, -0.25) is 9.59 Å². The summed E-state index contributed by atoms with van der Waals surface area (Å²) < 4.78 is 5.50. The Bertz CT molecular complexity index is 641. The summed E-state index contributed by atoms with van der Waals surface area (Å²) in [6, 6.07) is 8.17. The summed E-state index contributed by atoms with van der Waals surface area (Å²) in [5, 5.41) is 2.95. The third-order valence-corrected chi connectivity index (χ3v) is 5.54. The molecule has 0 radical (unpaired) electrons. The van der Waals surface area contributed by atoms with E-state index in [4.69, 9.17) is 4.74 Å². The molecule has 2 fully saturated rings. The van der Waals surface area contributed by atoms with Crippen LogP contribution in [0.5, 0.6) is 0 Å². The summed E-state index contributed by atoms with van der Waals surface area (Å²) in [5.74, 6) is -0.276. The molecule has 2 amide bonds. The van der Waals surface area contributed by atoms with E-state index in [-0.39, 0.29) is 24.2 Å². The first-order chi connectivity index (χ1) is 13.7. The number of carbonyl (C=O) groups excluding carboxylic acids is 2. The number of hydrogen-bond donors (Lipinski definition) is 1. The van der Waals surface area contributed by atoms with Crippen molar-refractivity contribution >= 4 is 23.2 Å². The predicted octanol–water partition coefficient (Wildman–Crippen LogP) is 2.96. The summed E-state index contributed by atoms with van der Waals surface area (Å²) in [6.07, 6.45) is 5.78. The van der Waals surface area contributed by atoms with E-state index in [1.54, 1.807) is 4.90 Å². The zero-order valence-corrected chi connectivity index (χ0v) is 17.0. The second-order valence-electron chi connectivity index (χ2n) is 7.73. The van der Waals surface area contributed by atoms with Gasteiger partial charge in [0.2, 0.25) is 11.8 Å². The second-order valence-corrected chi connectivity index (χ2v) is 7.73. The summed E-state index contributed by atoms with van der Waals surface area (Å²) in [6.45, 7) is 6.85. The van der Waals surface area contributed by atoms with Crippen LogP contribution in [0.25, 0.3) is 0 Å². The third-order valence-electron chi connectivity index (χ3n) is 5.54. The first-order valence-corrected chi connectivity index (χ1v) is 10.7. The number of benzene rings is 1. The number of nitrogens with zero attached hydrogens (tertiary/aromatic N) is 2. The van der Waals surface area contributed by atoms with Gasteiger partial charge in [-0.15, -0.1) is 0 Å². The minimum Gasteiger partial charge on any atom is -0.381 e. The lowest BCUT2D eigenvalue weighted by Crippen LogP contribution is -2.33. The highest BCUT2D eigenvalue weighted by Gasteiger charge is 2.35. The van der Waals surface area contributed by atoms with Crippen LogP contribution in [0.4, 0.5) is 11.4 Å². The zero-order valence-electron chi connectivity index (χ0n) is 17.0. The van der Waals surface area contributed by atoms with Crippen molar-refractivity contribution in [3.05, 3.63) is 24.3 Å². The first-order valence-electron chi connectivity index (χ1n) is 10.7. The van der Waals surface area contributed by atoms with Crippen LogP contribution in [-0.2, 0) is 14.3 Å². The van der Waals surface area contributed by atoms with Crippen LogP contribution < -0.4 is 15.1 Å². The lowest BCUT2D eigenvalue weighted by atomic mass is 10.1. The number of rotatable bonds is 10. The molecule has 2 aliphatic heterocycles. The van der Waals surface area contributed by atoms with Gasteiger partial charge >= 0.3 is 0 Å². The number of unbranched alkanes of at least 4 members (excludes halogenated alkanes) is 1. The Morgan fingerprint density at radius 2 is 1.79 bits per heavy atom. The van der Waals surface area contributed by atoms with Gasteiger partial charge in [-0.1, -0.05) is 13.3 Å². The summed E-state index contributed by atoms with van der Waals surface area (Å²) >= 11 is 0. The number of ether oxygens (including phenoxy) is 1. The van der Waals surface area contributed by atoms with Crippen LogP contribution in [0.1, 0.15) is 45.4 Å². The molecule has 28 heavy (non-hydrogen) atoms. The third kappa shape index (κ3) is 5.47. The van der Waals surface area contributed by atoms with Crippen molar-refractivity contribution in [2.24, 2.45) is 5.92 Å². The number of amides is 2. The molecule has 2 saturated heterocycles. The minimum atomic E-state index is -0.272. The minimum absolute atomic E-state index is 0.0250. The monoisotopic (exact) mass is 387 g/mol. The van der Waals surface area contributed by atoms with E-state index in [1.165, 1.54) is 18.5 Å². The maximum Gasteiger partial charge on any atom is 0.227 e. The van der Waals surface area contributed by atoms with E-state index in [0.717, 1.165) is 44.6 Å². The molecule has 154 valence electrons. The molecule has 0 saturated carbocycles. The maximum absolute atomic E-state index is 12.4. The van der Waals surface area contributed by atoms with Crippen molar-refractivity contribution < 1.29 is 14.3 Å². The van der Waals surface area contributed by atoms with E-state index in [2.05, 4.69) is 29.3 Å². The lowest BCUT2D eigenvalue weighted by molar-refractivity contribution is -0.126. The standard InChI is InChI=1S/C22H33N3O3/c1-2-3-14-28-15-6-11-23-22(27)18-16-21(26)25(17-18)20-9-7-19(8-10-20)24-12-4-5-13-24/h7-10,18H,2-6,11-17H2,1H3,(H,23,27). The topological polar surface area (TPSA) is 61.9 Å². The van der Waals surface area contributed by atoms with Gasteiger partial charge in [0.05, 0.1) is 5.92 Å². The number of hydrogen-bond acceptors (Lipinski definition) is 4. The van der Waals surface area contributed by atoms with Gasteiger partial charge in [-0.25, -0.2) is 0 Å². The Hall–Kier alpha value is -2.08. The van der Waals surface area contributed by atoms with E-state index >= 15 is 0 Å². The lowest BCUT2D eigenvalue weighted by Gasteiger charge is -2.20. The number of nitrogens with one attached hydrogen (secondary N) is 1. The number of carbonyl (C=O) groups is 2. The second kappa shape index (κ2) is 10.5. The van der Waals surface area contributed by atoms with E-state index < -0.39 is 0 Å². The van der Waals surface area contributed by atoms with Gasteiger partial charge in [0.1, 0.15) is 0 Å². The van der Waals surface area contributed by atoms with Crippen molar-refractivity contribution in [1.82, 2.24) is 5.32 Å². The predicted molar refractivity (Wildman–Crippen MR) is 112 cm³/mol. The zero-order chi connectivity index (χ0) is 19.8. The molecule has 1 unspecified atom stereocenters. The molecular weight excluding hydrogens is 354 g/mol. The highest BCUT2D eigenvalue weighted by Crippen LogP contribution is 2.28. The van der Waals surface area contributed by atoms with Crippen LogP contribution in [-0.4, -0.2) is 51.2 Å². The normalized spacial score (nSPS) is 19.5. The summed E-state index contributed by atoms with van der Waals surface area (Å²) in [5.41, 5.74) is 2.09. The number of anilines is 2. The Balaban J connectivity index is 1.43. The average Bonchev–Trinajstić information content (AvgIpc) is 3.37. The van der Waals surface area contributed by atoms with Gasteiger partial charge in [0, 0.05) is 57.2 Å². The molecule has 0 aromatic heterocycles. The van der Waals surface area contributed by atoms with Crippen molar-refractivity contribution in [2.75, 3.05) is 49.2 Å². The van der Waals surface area contributed by atoms with Gasteiger partial charge in [-0.2, -0.15) is 0 Å². The van der Waals surface area contributed by atoms with Crippen LogP contribution in [0.15, 0.2) is 24.3 Å². The molecule has 1 N–H and O–H groups in total. The molecule has 0 spiro atoms. The quantitative estimate of drug-likeness (QED) is 0.627. The van der Waals surface area contributed by atoms with Crippen molar-refractivity contribution in [3.8, 4) is 0 Å². The van der Waals surface area contributed by atoms with Crippen molar-refractivity contribution in [1.29, 1.82) is 0 Å². The average molecular weight is 388 g/mol. The molecule has 0 bridgehead atoms. The summed E-state index contributed by atoms with van der Waals surface area (Å²) in [7, 11) is 0. The smallest absolute Gasteiger partial charge is 0.227 e. The Morgan fingerprint density at radius 3 is 2.50 bits per heavy atom. The SMILES string of the molecule is CCCCOCCCNC(=O)C1CC(=O)N(c2ccc(N3CCCC3)cc2)C1. The maximum atomic E-state index is 12.4. The Morgan fingerprint density at radius 1 is 1.11 bits per heavy atom. The highest BCUT2D eigenvalue weighted by atomic mass is 16.5. The van der Waals surface area contributed by atoms with Crippen molar-refractivity contribution in [2.45, 2.75) is 45.4 Å². The van der Waals surface area contributed by atoms with E-state index in [1.807, 2.05) is 12.1 Å². The largest absolute Gasteiger partial charge is 0.381 e. The molecule has 0 aliphatic carbocycles. The molecule has 3 rings (SSSR count). The molecule has 6 heteroatoms. The molecular formula is C22H33N3O3. The van der Waals surface area contributed by atoms with E-state index in [0.29, 0.717) is 19.7 Å². The molecule has 2 aliphatic rings. The van der Waals surface area contributed by atoms with Crippen LogP contribution in [0.2, 0.25) is 0 Å². The molecule has 2 heterocycles. The fourth-order valence-electron chi connectivity index (χ4n) is 3.83. The summed E-state index contributed by atoms with van der Waals surface area (Å²) in [4.78, 5) is 28.9. The van der Waals surface area contributed by atoms with Gasteiger partial charge in [0.25, 0.3) is 0 Å². The molecule has 6 nitrogen and oxygen atoms in total. The Kier molecular flexibility index (Phi) is 7.71. The fourth-order valence-corrected chi connectivity index (χ4v) is 3.83. The van der Waals surface area contributed by atoms with E-state index in [9.17, 15) is 9.59 Å². The Labute approximate surface area is 168 Å². The molecule has 1 aromatic carbocycles. The molecule has 1 aromatic rings.